The lowest BCUT2D eigenvalue weighted by Gasteiger charge is -2.62. The highest BCUT2D eigenvalue weighted by molar-refractivity contribution is 5.83. The van der Waals surface area contributed by atoms with E-state index in [1.54, 1.807) is 0 Å². The third-order valence-electron chi connectivity index (χ3n) is 7.63. The van der Waals surface area contributed by atoms with E-state index in [2.05, 4.69) is 27.7 Å². The van der Waals surface area contributed by atoms with Gasteiger partial charge in [0, 0.05) is 6.42 Å². The fourth-order valence-electron chi connectivity index (χ4n) is 6.68. The molecule has 3 aliphatic rings. The molecule has 0 unspecified atom stereocenters. The Morgan fingerprint density at radius 3 is 2.43 bits per heavy atom. The van der Waals surface area contributed by atoms with Crippen LogP contribution in [0.25, 0.3) is 0 Å². The normalized spacial score (nSPS) is 50.0. The van der Waals surface area contributed by atoms with E-state index in [1.807, 2.05) is 0 Å². The average molecular weight is 292 g/mol. The van der Waals surface area contributed by atoms with Crippen molar-refractivity contribution in [1.82, 2.24) is 0 Å². The maximum atomic E-state index is 12.0. The number of aliphatic hydroxyl groups is 1. The largest absolute Gasteiger partial charge is 0.385 e. The molecular formula is C19H32O2. The third-order valence-corrected chi connectivity index (χ3v) is 7.63. The molecule has 1 N–H and O–H groups in total. The summed E-state index contributed by atoms with van der Waals surface area (Å²) in [7, 11) is 0. The molecule has 3 aliphatic carbocycles. The first-order valence-corrected chi connectivity index (χ1v) is 8.90. The summed E-state index contributed by atoms with van der Waals surface area (Å²) in [5.41, 5.74) is 0.951. The molecule has 0 bridgehead atoms. The van der Waals surface area contributed by atoms with Crippen molar-refractivity contribution < 1.29 is 9.90 Å². The van der Waals surface area contributed by atoms with Gasteiger partial charge in [-0.05, 0) is 66.6 Å². The molecule has 0 aromatic heterocycles. The van der Waals surface area contributed by atoms with Gasteiger partial charge in [0.05, 0.1) is 0 Å². The van der Waals surface area contributed by atoms with Crippen LogP contribution in [0.3, 0.4) is 0 Å². The monoisotopic (exact) mass is 292 g/mol. The van der Waals surface area contributed by atoms with E-state index >= 15 is 0 Å². The van der Waals surface area contributed by atoms with Crippen LogP contribution < -0.4 is 0 Å². The number of fused-ring (bicyclic) bond motifs is 3. The van der Waals surface area contributed by atoms with Crippen molar-refractivity contribution in [1.29, 1.82) is 0 Å². The Bertz CT molecular complexity index is 441. The number of carbonyl (C=O) groups is 1. The smallest absolute Gasteiger partial charge is 0.161 e. The van der Waals surface area contributed by atoms with Gasteiger partial charge < -0.3 is 5.11 Å². The van der Waals surface area contributed by atoms with E-state index in [4.69, 9.17) is 0 Å². The predicted octanol–water partition coefficient (Wildman–Crippen LogP) is 4.35. The molecule has 5 atom stereocenters. The van der Waals surface area contributed by atoms with Gasteiger partial charge in [-0.2, -0.15) is 0 Å². The lowest BCUT2D eigenvalue weighted by Crippen LogP contribution is -2.54. The second kappa shape index (κ2) is 4.81. The number of hydrogen-bond donors (Lipinski definition) is 1. The number of ketones is 1. The van der Waals surface area contributed by atoms with E-state index in [0.717, 1.165) is 12.3 Å². The number of hydrogen-bond acceptors (Lipinski definition) is 2. The molecule has 120 valence electrons. The molecule has 0 aromatic rings. The van der Waals surface area contributed by atoms with Crippen LogP contribution in [-0.2, 0) is 4.79 Å². The lowest BCUT2D eigenvalue weighted by atomic mass is 9.42. The fraction of sp³-hybridized carbons (Fsp3) is 0.947. The van der Waals surface area contributed by atoms with Crippen LogP contribution in [0.1, 0.15) is 79.1 Å². The van der Waals surface area contributed by atoms with Gasteiger partial charge in [0.15, 0.2) is 5.78 Å². The first-order chi connectivity index (χ1) is 9.69. The summed E-state index contributed by atoms with van der Waals surface area (Å²) in [4.78, 5) is 12.0. The zero-order chi connectivity index (χ0) is 15.5. The van der Waals surface area contributed by atoms with Crippen LogP contribution in [0, 0.1) is 28.1 Å². The van der Waals surface area contributed by atoms with Gasteiger partial charge in [0.25, 0.3) is 0 Å². The highest BCUT2D eigenvalue weighted by Crippen LogP contribution is 2.66. The van der Waals surface area contributed by atoms with Gasteiger partial charge in [-0.25, -0.2) is 0 Å². The van der Waals surface area contributed by atoms with Crippen LogP contribution >= 0.6 is 0 Å². The molecule has 0 heterocycles. The summed E-state index contributed by atoms with van der Waals surface area (Å²) < 4.78 is 0. The predicted molar refractivity (Wildman–Crippen MR) is 84.9 cm³/mol. The Hall–Kier alpha value is -0.370. The summed E-state index contributed by atoms with van der Waals surface area (Å²) >= 11 is 0. The number of aliphatic hydroxyl groups excluding tert-OH is 1. The average Bonchev–Trinajstić information content (AvgIpc) is 2.46. The Morgan fingerprint density at radius 2 is 1.71 bits per heavy atom. The van der Waals surface area contributed by atoms with E-state index in [1.165, 1.54) is 32.1 Å². The van der Waals surface area contributed by atoms with Crippen molar-refractivity contribution in [2.45, 2.75) is 85.2 Å². The molecule has 3 fully saturated rings. The number of rotatable bonds is 0. The summed E-state index contributed by atoms with van der Waals surface area (Å²) in [5, 5.41) is 10.2. The van der Waals surface area contributed by atoms with Gasteiger partial charge in [0.1, 0.15) is 6.10 Å². The molecule has 0 radical (unpaired) electrons. The van der Waals surface area contributed by atoms with E-state index in [9.17, 15) is 9.90 Å². The highest BCUT2D eigenvalue weighted by atomic mass is 16.3. The number of Topliss-reactive ketones (excluding diaryl/α,β-unsaturated/α-hetero) is 1. The van der Waals surface area contributed by atoms with Gasteiger partial charge in [-0.3, -0.25) is 4.79 Å². The molecule has 0 amide bonds. The highest BCUT2D eigenvalue weighted by Gasteiger charge is 2.59. The van der Waals surface area contributed by atoms with E-state index < -0.39 is 6.10 Å². The molecule has 3 saturated carbocycles. The van der Waals surface area contributed by atoms with Crippen LogP contribution in [0.5, 0.6) is 0 Å². The Kier molecular flexibility index (Phi) is 3.56. The van der Waals surface area contributed by atoms with Crippen molar-refractivity contribution >= 4 is 5.78 Å². The molecule has 0 saturated heterocycles. The molecule has 0 aromatic carbocycles. The minimum Gasteiger partial charge on any atom is -0.385 e. The molecule has 2 heteroatoms. The maximum Gasteiger partial charge on any atom is 0.161 e. The Balaban J connectivity index is 1.98. The zero-order valence-corrected chi connectivity index (χ0v) is 14.2. The lowest BCUT2D eigenvalue weighted by molar-refractivity contribution is -0.137. The molecule has 0 aliphatic heterocycles. The first-order valence-electron chi connectivity index (χ1n) is 8.90. The minimum absolute atomic E-state index is 0.0841. The molecule has 21 heavy (non-hydrogen) atoms. The second-order valence-electron chi connectivity index (χ2n) is 9.37. The van der Waals surface area contributed by atoms with E-state index in [0.29, 0.717) is 29.6 Å². The van der Waals surface area contributed by atoms with Crippen LogP contribution in [0.4, 0.5) is 0 Å². The quantitative estimate of drug-likeness (QED) is 0.720. The van der Waals surface area contributed by atoms with Crippen LogP contribution in [0.15, 0.2) is 0 Å². The van der Waals surface area contributed by atoms with Crippen LogP contribution in [0.2, 0.25) is 0 Å². The third kappa shape index (κ3) is 2.29. The van der Waals surface area contributed by atoms with Crippen molar-refractivity contribution in [2.75, 3.05) is 0 Å². The molecular weight excluding hydrogens is 260 g/mol. The summed E-state index contributed by atoms with van der Waals surface area (Å²) in [6, 6.07) is 0. The molecule has 0 spiro atoms. The number of carbonyl (C=O) groups excluding carboxylic acids is 1. The standard InChI is InChI=1S/C19H32O2/c1-17(2)9-5-10-19(4)15(17)8-11-18(3)12-14(21)13(20)6-7-16(18)19/h14-16,21H,5-12H2,1-4H3/t14-,15+,16+,18+,19+/m1/s1. The minimum atomic E-state index is -0.711. The summed E-state index contributed by atoms with van der Waals surface area (Å²) in [5.74, 6) is 1.47. The van der Waals surface area contributed by atoms with Gasteiger partial charge in [-0.15, -0.1) is 0 Å². The summed E-state index contributed by atoms with van der Waals surface area (Å²) in [6.45, 7) is 9.76. The maximum absolute atomic E-state index is 12.0. The zero-order valence-electron chi connectivity index (χ0n) is 14.2. The summed E-state index contributed by atoms with van der Waals surface area (Å²) in [6.07, 6.45) is 8.01. The topological polar surface area (TPSA) is 37.3 Å². The Morgan fingerprint density at radius 1 is 1.00 bits per heavy atom. The molecule has 2 nitrogen and oxygen atoms in total. The second-order valence-corrected chi connectivity index (χ2v) is 9.37. The molecule has 3 rings (SSSR count). The van der Waals surface area contributed by atoms with E-state index in [-0.39, 0.29) is 11.2 Å². The fourth-order valence-corrected chi connectivity index (χ4v) is 6.68. The van der Waals surface area contributed by atoms with Gasteiger partial charge in [0.2, 0.25) is 0 Å². The first kappa shape index (κ1) is 15.5. The Labute approximate surface area is 129 Å². The SMILES string of the molecule is CC1(C)CCC[C@@]2(C)[C@H]1CC[C@@]1(C)C[C@@H](O)C(=O)CC[C@@H]12. The van der Waals surface area contributed by atoms with Crippen LogP contribution in [-0.4, -0.2) is 17.0 Å². The van der Waals surface area contributed by atoms with Crippen molar-refractivity contribution in [3.63, 3.8) is 0 Å². The van der Waals surface area contributed by atoms with Crippen molar-refractivity contribution in [3.8, 4) is 0 Å². The van der Waals surface area contributed by atoms with Crippen molar-refractivity contribution in [2.24, 2.45) is 28.1 Å². The van der Waals surface area contributed by atoms with Gasteiger partial charge in [-0.1, -0.05) is 34.1 Å². The van der Waals surface area contributed by atoms with Gasteiger partial charge >= 0.3 is 0 Å². The van der Waals surface area contributed by atoms with Crippen molar-refractivity contribution in [3.05, 3.63) is 0 Å².